The molecule has 0 heterocycles. The summed E-state index contributed by atoms with van der Waals surface area (Å²) in [7, 11) is 1.55. The van der Waals surface area contributed by atoms with E-state index in [1.807, 2.05) is 25.1 Å². The summed E-state index contributed by atoms with van der Waals surface area (Å²) in [6, 6.07) is 12.5. The van der Waals surface area contributed by atoms with Gasteiger partial charge in [-0.15, -0.1) is 0 Å². The Morgan fingerprint density at radius 2 is 1.68 bits per heavy atom. The number of para-hydroxylation sites is 2. The predicted octanol–water partition coefficient (Wildman–Crippen LogP) is 3.87. The number of ether oxygens (including phenoxy) is 1. The van der Waals surface area contributed by atoms with Gasteiger partial charge in [0, 0.05) is 10.7 Å². The lowest BCUT2D eigenvalue weighted by Crippen LogP contribution is -2.21. The first-order valence-corrected chi connectivity index (χ1v) is 8.38. The average Bonchev–Trinajstić information content (AvgIpc) is 3.39. The Bertz CT molecular complexity index is 822. The second kappa shape index (κ2) is 7.15. The molecular formula is C19H19ClN2O3. The van der Waals surface area contributed by atoms with Gasteiger partial charge in [0.25, 0.3) is 0 Å². The van der Waals surface area contributed by atoms with Crippen LogP contribution >= 0.6 is 11.6 Å². The zero-order valence-electron chi connectivity index (χ0n) is 14.0. The summed E-state index contributed by atoms with van der Waals surface area (Å²) < 4.78 is 5.22. The molecule has 0 bridgehead atoms. The van der Waals surface area contributed by atoms with E-state index in [1.54, 1.807) is 31.4 Å². The summed E-state index contributed by atoms with van der Waals surface area (Å²) >= 11 is 5.97. The molecule has 2 aromatic carbocycles. The van der Waals surface area contributed by atoms with E-state index in [2.05, 4.69) is 10.6 Å². The fourth-order valence-corrected chi connectivity index (χ4v) is 2.87. The lowest BCUT2D eigenvalue weighted by atomic mass is 10.2. The molecule has 25 heavy (non-hydrogen) atoms. The minimum atomic E-state index is -0.329. The van der Waals surface area contributed by atoms with Gasteiger partial charge in [-0.25, -0.2) is 0 Å². The van der Waals surface area contributed by atoms with Crippen molar-refractivity contribution in [1.29, 1.82) is 0 Å². The molecule has 2 aromatic rings. The Morgan fingerprint density at radius 1 is 1.04 bits per heavy atom. The van der Waals surface area contributed by atoms with E-state index in [0.717, 1.165) is 5.56 Å². The zero-order chi connectivity index (χ0) is 18.0. The molecule has 130 valence electrons. The third kappa shape index (κ3) is 3.94. The molecule has 5 nitrogen and oxygen atoms in total. The van der Waals surface area contributed by atoms with Crippen LogP contribution in [-0.2, 0) is 9.59 Å². The van der Waals surface area contributed by atoms with E-state index in [-0.39, 0.29) is 23.7 Å². The number of carbonyl (C=O) groups excluding carboxylic acids is 2. The third-order valence-corrected chi connectivity index (χ3v) is 4.52. The maximum absolute atomic E-state index is 12.4. The van der Waals surface area contributed by atoms with Gasteiger partial charge in [0.1, 0.15) is 5.75 Å². The van der Waals surface area contributed by atoms with Crippen LogP contribution in [0, 0.1) is 18.8 Å². The van der Waals surface area contributed by atoms with E-state index >= 15 is 0 Å². The highest BCUT2D eigenvalue weighted by molar-refractivity contribution is 6.31. The molecule has 0 spiro atoms. The summed E-state index contributed by atoms with van der Waals surface area (Å²) in [5.41, 5.74) is 2.20. The molecular weight excluding hydrogens is 340 g/mol. The molecule has 0 saturated heterocycles. The standard InChI is InChI=1S/C19H19ClN2O3/c1-11-7-8-12(20)9-16(11)22-19(24)14-10-13(14)18(23)21-15-5-3-4-6-17(15)25-2/h3-9,13-14H,10H2,1-2H3,(H,21,23)(H,22,24). The van der Waals surface area contributed by atoms with Crippen molar-refractivity contribution in [3.8, 4) is 5.75 Å². The third-order valence-electron chi connectivity index (χ3n) is 4.29. The lowest BCUT2D eigenvalue weighted by molar-refractivity contribution is -0.122. The van der Waals surface area contributed by atoms with Crippen LogP contribution in [0.4, 0.5) is 11.4 Å². The maximum atomic E-state index is 12.4. The molecule has 0 aliphatic heterocycles. The van der Waals surface area contributed by atoms with Crippen LogP contribution in [0.1, 0.15) is 12.0 Å². The van der Waals surface area contributed by atoms with Crippen LogP contribution in [0.5, 0.6) is 5.75 Å². The molecule has 2 atom stereocenters. The van der Waals surface area contributed by atoms with Crippen LogP contribution in [0.2, 0.25) is 5.02 Å². The number of hydrogen-bond donors (Lipinski definition) is 2. The van der Waals surface area contributed by atoms with Crippen LogP contribution in [0.15, 0.2) is 42.5 Å². The number of benzene rings is 2. The number of amides is 2. The molecule has 2 N–H and O–H groups in total. The van der Waals surface area contributed by atoms with Crippen molar-refractivity contribution in [1.82, 2.24) is 0 Å². The fraction of sp³-hybridized carbons (Fsp3) is 0.263. The topological polar surface area (TPSA) is 67.4 Å². The van der Waals surface area contributed by atoms with Crippen LogP contribution in [-0.4, -0.2) is 18.9 Å². The summed E-state index contributed by atoms with van der Waals surface area (Å²) in [6.07, 6.45) is 0.534. The number of carbonyl (C=O) groups is 2. The molecule has 6 heteroatoms. The van der Waals surface area contributed by atoms with E-state index in [4.69, 9.17) is 16.3 Å². The molecule has 1 aliphatic carbocycles. The Kier molecular flexibility index (Phi) is 4.95. The van der Waals surface area contributed by atoms with Gasteiger partial charge in [0.15, 0.2) is 0 Å². The molecule has 1 fully saturated rings. The quantitative estimate of drug-likeness (QED) is 0.852. The summed E-state index contributed by atoms with van der Waals surface area (Å²) in [4.78, 5) is 24.7. The molecule has 3 rings (SSSR count). The number of nitrogens with one attached hydrogen (secondary N) is 2. The van der Waals surface area contributed by atoms with Crippen molar-refractivity contribution in [3.05, 3.63) is 53.1 Å². The molecule has 0 aromatic heterocycles. The van der Waals surface area contributed by atoms with Crippen molar-refractivity contribution in [3.63, 3.8) is 0 Å². The highest BCUT2D eigenvalue weighted by Gasteiger charge is 2.48. The van der Waals surface area contributed by atoms with Gasteiger partial charge in [0.2, 0.25) is 11.8 Å². The zero-order valence-corrected chi connectivity index (χ0v) is 14.8. The summed E-state index contributed by atoms with van der Waals surface area (Å²) in [5, 5.41) is 6.24. The Morgan fingerprint density at radius 3 is 2.36 bits per heavy atom. The van der Waals surface area contributed by atoms with E-state index in [0.29, 0.717) is 28.6 Å². The number of rotatable bonds is 5. The van der Waals surface area contributed by atoms with Gasteiger partial charge in [-0.1, -0.05) is 29.8 Å². The average molecular weight is 359 g/mol. The number of hydrogen-bond acceptors (Lipinski definition) is 3. The van der Waals surface area contributed by atoms with Gasteiger partial charge in [0.05, 0.1) is 24.6 Å². The van der Waals surface area contributed by atoms with E-state index in [9.17, 15) is 9.59 Å². The van der Waals surface area contributed by atoms with Crippen molar-refractivity contribution in [2.75, 3.05) is 17.7 Å². The second-order valence-electron chi connectivity index (χ2n) is 6.09. The van der Waals surface area contributed by atoms with E-state index in [1.165, 1.54) is 0 Å². The molecule has 2 amide bonds. The molecule has 1 aliphatic rings. The first-order chi connectivity index (χ1) is 12.0. The SMILES string of the molecule is COc1ccccc1NC(=O)C1CC1C(=O)Nc1cc(Cl)ccc1C. The molecule has 1 saturated carbocycles. The largest absolute Gasteiger partial charge is 0.495 e. The van der Waals surface area contributed by atoms with Crippen molar-refractivity contribution < 1.29 is 14.3 Å². The Hall–Kier alpha value is -2.53. The van der Waals surface area contributed by atoms with Crippen LogP contribution in [0.3, 0.4) is 0 Å². The number of methoxy groups -OCH3 is 1. The minimum absolute atomic E-state index is 0.162. The van der Waals surface area contributed by atoms with E-state index < -0.39 is 0 Å². The first kappa shape index (κ1) is 17.3. The molecule has 0 radical (unpaired) electrons. The van der Waals surface area contributed by atoms with Crippen LogP contribution < -0.4 is 15.4 Å². The van der Waals surface area contributed by atoms with Gasteiger partial charge >= 0.3 is 0 Å². The molecule has 2 unspecified atom stereocenters. The highest BCUT2D eigenvalue weighted by atomic mass is 35.5. The normalized spacial score (nSPS) is 18.4. The summed E-state index contributed by atoms with van der Waals surface area (Å²) in [5.74, 6) is -0.400. The van der Waals surface area contributed by atoms with Crippen LogP contribution in [0.25, 0.3) is 0 Å². The minimum Gasteiger partial charge on any atom is -0.495 e. The maximum Gasteiger partial charge on any atom is 0.228 e. The number of aryl methyl sites for hydroxylation is 1. The Balaban J connectivity index is 1.61. The van der Waals surface area contributed by atoms with Gasteiger partial charge in [-0.05, 0) is 43.2 Å². The monoisotopic (exact) mass is 358 g/mol. The van der Waals surface area contributed by atoms with Gasteiger partial charge in [-0.3, -0.25) is 9.59 Å². The summed E-state index contributed by atoms with van der Waals surface area (Å²) in [6.45, 7) is 1.89. The Labute approximate surface area is 151 Å². The van der Waals surface area contributed by atoms with Gasteiger partial charge in [-0.2, -0.15) is 0 Å². The van der Waals surface area contributed by atoms with Crippen molar-refractivity contribution >= 4 is 34.8 Å². The lowest BCUT2D eigenvalue weighted by Gasteiger charge is -2.10. The van der Waals surface area contributed by atoms with Gasteiger partial charge < -0.3 is 15.4 Å². The first-order valence-electron chi connectivity index (χ1n) is 8.00. The smallest absolute Gasteiger partial charge is 0.228 e. The van der Waals surface area contributed by atoms with Crippen molar-refractivity contribution in [2.45, 2.75) is 13.3 Å². The number of halogens is 1. The highest BCUT2D eigenvalue weighted by Crippen LogP contribution is 2.41. The second-order valence-corrected chi connectivity index (χ2v) is 6.52. The van der Waals surface area contributed by atoms with Crippen molar-refractivity contribution in [2.24, 2.45) is 11.8 Å². The number of anilines is 2. The predicted molar refractivity (Wildman–Crippen MR) is 98.0 cm³/mol. The fourth-order valence-electron chi connectivity index (χ4n) is 2.70.